The summed E-state index contributed by atoms with van der Waals surface area (Å²) in [7, 11) is 0. The Morgan fingerprint density at radius 2 is 1.90 bits per heavy atom. The maximum Gasteiger partial charge on any atom is 0.192 e. The second kappa shape index (κ2) is 9.52. The number of benzene rings is 2. The van der Waals surface area contributed by atoms with E-state index in [1.165, 1.54) is 23.9 Å². The fraction of sp³-hybridized carbons (Fsp3) is 0.227. The van der Waals surface area contributed by atoms with E-state index in [1.807, 2.05) is 42.7 Å². The molecule has 0 spiro atoms. The zero-order valence-electron chi connectivity index (χ0n) is 16.3. The SMILES string of the molecule is C=CCn1c(COc2ccc(F)cc2)nnc1S[C@@H](C)C(=O)c1ccc(C)cc1. The Labute approximate surface area is 173 Å². The molecule has 29 heavy (non-hydrogen) atoms. The molecule has 0 aliphatic heterocycles. The average Bonchev–Trinajstić information content (AvgIpc) is 3.09. The highest BCUT2D eigenvalue weighted by Gasteiger charge is 2.21. The van der Waals surface area contributed by atoms with Gasteiger partial charge in [0.1, 0.15) is 18.2 Å². The maximum absolute atomic E-state index is 13.0. The van der Waals surface area contributed by atoms with Gasteiger partial charge in [-0.05, 0) is 38.1 Å². The van der Waals surface area contributed by atoms with Gasteiger partial charge in [0.15, 0.2) is 16.8 Å². The Kier molecular flexibility index (Phi) is 6.82. The molecule has 0 saturated heterocycles. The zero-order valence-corrected chi connectivity index (χ0v) is 17.2. The first-order chi connectivity index (χ1) is 14.0. The van der Waals surface area contributed by atoms with Crippen molar-refractivity contribution in [3.8, 4) is 5.75 Å². The van der Waals surface area contributed by atoms with Gasteiger partial charge in [0.05, 0.1) is 5.25 Å². The van der Waals surface area contributed by atoms with Crippen LogP contribution in [0.1, 0.15) is 28.7 Å². The van der Waals surface area contributed by atoms with Crippen molar-refractivity contribution in [2.24, 2.45) is 0 Å². The standard InChI is InChI=1S/C22H22FN3O2S/c1-4-13-26-20(14-28-19-11-9-18(23)10-12-19)24-25-22(26)29-16(3)21(27)17-7-5-15(2)6-8-17/h4-12,16H,1,13-14H2,2-3H3/t16-/m0/s1. The predicted molar refractivity (Wildman–Crippen MR) is 112 cm³/mol. The number of Topliss-reactive ketones (excluding diaryl/α,β-unsaturated/α-hetero) is 1. The summed E-state index contributed by atoms with van der Waals surface area (Å²) in [5.74, 6) is 0.855. The molecule has 0 aliphatic carbocycles. The third-order valence-corrected chi connectivity index (χ3v) is 5.35. The van der Waals surface area contributed by atoms with Crippen LogP contribution in [0.5, 0.6) is 5.75 Å². The molecule has 1 atom stereocenters. The molecule has 0 radical (unpaired) electrons. The average molecular weight is 412 g/mol. The lowest BCUT2D eigenvalue weighted by molar-refractivity contribution is 0.0994. The van der Waals surface area contributed by atoms with Crippen LogP contribution in [0.25, 0.3) is 0 Å². The lowest BCUT2D eigenvalue weighted by Crippen LogP contribution is -2.15. The molecule has 2 aromatic carbocycles. The largest absolute Gasteiger partial charge is 0.486 e. The van der Waals surface area contributed by atoms with Crippen molar-refractivity contribution in [2.45, 2.75) is 37.4 Å². The zero-order chi connectivity index (χ0) is 20.8. The first kappa shape index (κ1) is 20.8. The number of nitrogens with zero attached hydrogens (tertiary/aromatic N) is 3. The molecule has 7 heteroatoms. The summed E-state index contributed by atoms with van der Waals surface area (Å²) in [6, 6.07) is 13.3. The molecular weight excluding hydrogens is 389 g/mol. The van der Waals surface area contributed by atoms with Crippen molar-refractivity contribution in [2.75, 3.05) is 0 Å². The fourth-order valence-corrected chi connectivity index (χ4v) is 3.62. The Morgan fingerprint density at radius 3 is 2.55 bits per heavy atom. The van der Waals surface area contributed by atoms with Gasteiger partial charge < -0.3 is 4.74 Å². The van der Waals surface area contributed by atoms with Crippen molar-refractivity contribution in [1.82, 2.24) is 14.8 Å². The topological polar surface area (TPSA) is 57.0 Å². The molecule has 0 unspecified atom stereocenters. The highest BCUT2D eigenvalue weighted by molar-refractivity contribution is 8.00. The van der Waals surface area contributed by atoms with Crippen LogP contribution in [-0.2, 0) is 13.2 Å². The van der Waals surface area contributed by atoms with E-state index in [1.54, 1.807) is 18.2 Å². The van der Waals surface area contributed by atoms with E-state index in [4.69, 9.17) is 4.74 Å². The van der Waals surface area contributed by atoms with E-state index < -0.39 is 0 Å². The number of carbonyl (C=O) groups excluding carboxylic acids is 1. The predicted octanol–water partition coefficient (Wildman–Crippen LogP) is 4.85. The molecule has 1 heterocycles. The molecular formula is C22H22FN3O2S. The van der Waals surface area contributed by atoms with Crippen molar-refractivity contribution in [3.63, 3.8) is 0 Å². The summed E-state index contributed by atoms with van der Waals surface area (Å²) < 4.78 is 20.6. The van der Waals surface area contributed by atoms with Gasteiger partial charge in [-0.3, -0.25) is 9.36 Å². The maximum atomic E-state index is 13.0. The van der Waals surface area contributed by atoms with Gasteiger partial charge in [-0.1, -0.05) is 47.7 Å². The van der Waals surface area contributed by atoms with E-state index in [2.05, 4.69) is 16.8 Å². The number of thioether (sulfide) groups is 1. The van der Waals surface area contributed by atoms with Crippen molar-refractivity contribution < 1.29 is 13.9 Å². The van der Waals surface area contributed by atoms with Gasteiger partial charge in [0, 0.05) is 12.1 Å². The van der Waals surface area contributed by atoms with Crippen molar-refractivity contribution >= 4 is 17.5 Å². The van der Waals surface area contributed by atoms with Crippen LogP contribution < -0.4 is 4.74 Å². The van der Waals surface area contributed by atoms with Crippen LogP contribution in [-0.4, -0.2) is 25.8 Å². The number of ketones is 1. The number of ether oxygens (including phenoxy) is 1. The van der Waals surface area contributed by atoms with Gasteiger partial charge in [-0.15, -0.1) is 16.8 Å². The molecule has 0 bridgehead atoms. The number of carbonyl (C=O) groups is 1. The van der Waals surface area contributed by atoms with Crippen LogP contribution in [0.15, 0.2) is 66.3 Å². The van der Waals surface area contributed by atoms with Crippen LogP contribution in [0, 0.1) is 12.7 Å². The summed E-state index contributed by atoms with van der Waals surface area (Å²) in [5.41, 5.74) is 1.78. The molecule has 0 amide bonds. The number of rotatable bonds is 9. The normalized spacial score (nSPS) is 11.8. The second-order valence-corrected chi connectivity index (χ2v) is 7.84. The number of aryl methyl sites for hydroxylation is 1. The van der Waals surface area contributed by atoms with E-state index >= 15 is 0 Å². The van der Waals surface area contributed by atoms with E-state index in [-0.39, 0.29) is 23.5 Å². The minimum atomic E-state index is -0.323. The Balaban J connectivity index is 1.71. The molecule has 0 fully saturated rings. The highest BCUT2D eigenvalue weighted by Crippen LogP contribution is 2.26. The van der Waals surface area contributed by atoms with E-state index in [0.717, 1.165) is 5.56 Å². The van der Waals surface area contributed by atoms with Gasteiger partial charge >= 0.3 is 0 Å². The van der Waals surface area contributed by atoms with Gasteiger partial charge in [0.2, 0.25) is 0 Å². The molecule has 3 aromatic rings. The smallest absolute Gasteiger partial charge is 0.192 e. The number of aromatic nitrogens is 3. The summed E-state index contributed by atoms with van der Waals surface area (Å²) in [6.07, 6.45) is 1.74. The summed E-state index contributed by atoms with van der Waals surface area (Å²) in [4.78, 5) is 12.7. The summed E-state index contributed by atoms with van der Waals surface area (Å²) in [5, 5.41) is 8.72. The van der Waals surface area contributed by atoms with E-state index in [9.17, 15) is 9.18 Å². The molecule has 1 aromatic heterocycles. The number of allylic oxidation sites excluding steroid dienone is 1. The Bertz CT molecular complexity index is 984. The first-order valence-corrected chi connectivity index (χ1v) is 10.0. The minimum Gasteiger partial charge on any atom is -0.486 e. The molecule has 0 aliphatic rings. The third-order valence-electron chi connectivity index (χ3n) is 4.27. The van der Waals surface area contributed by atoms with Gasteiger partial charge in [-0.2, -0.15) is 0 Å². The lowest BCUT2D eigenvalue weighted by Gasteiger charge is -2.12. The number of halogens is 1. The summed E-state index contributed by atoms with van der Waals surface area (Å²) in [6.45, 7) is 8.29. The molecule has 0 N–H and O–H groups in total. The molecule has 5 nitrogen and oxygen atoms in total. The Morgan fingerprint density at radius 1 is 1.21 bits per heavy atom. The number of hydrogen-bond acceptors (Lipinski definition) is 5. The quantitative estimate of drug-likeness (QED) is 0.286. The van der Waals surface area contributed by atoms with E-state index in [0.29, 0.717) is 28.8 Å². The fourth-order valence-electron chi connectivity index (χ4n) is 2.67. The molecule has 3 rings (SSSR count). The van der Waals surface area contributed by atoms with Crippen LogP contribution in [0.4, 0.5) is 4.39 Å². The minimum absolute atomic E-state index is 0.0345. The second-order valence-electron chi connectivity index (χ2n) is 6.53. The lowest BCUT2D eigenvalue weighted by atomic mass is 10.1. The van der Waals surface area contributed by atoms with Crippen LogP contribution in [0.3, 0.4) is 0 Å². The van der Waals surface area contributed by atoms with Crippen LogP contribution in [0.2, 0.25) is 0 Å². The van der Waals surface area contributed by atoms with Crippen LogP contribution >= 0.6 is 11.8 Å². The van der Waals surface area contributed by atoms with Crippen molar-refractivity contribution in [3.05, 3.63) is 84.0 Å². The van der Waals surface area contributed by atoms with Gasteiger partial charge in [0.25, 0.3) is 0 Å². The first-order valence-electron chi connectivity index (χ1n) is 9.17. The summed E-state index contributed by atoms with van der Waals surface area (Å²) >= 11 is 1.35. The van der Waals surface area contributed by atoms with Crippen molar-refractivity contribution in [1.29, 1.82) is 0 Å². The van der Waals surface area contributed by atoms with Gasteiger partial charge in [-0.25, -0.2) is 4.39 Å². The molecule has 0 saturated carbocycles. The number of hydrogen-bond donors (Lipinski definition) is 0. The molecule has 150 valence electrons. The Hall–Kier alpha value is -2.93. The highest BCUT2D eigenvalue weighted by atomic mass is 32.2. The third kappa shape index (κ3) is 5.32. The monoisotopic (exact) mass is 411 g/mol.